The molecule has 116 valence electrons. The first-order chi connectivity index (χ1) is 10.1. The molecule has 1 aromatic rings. The number of carbonyl (C=O) groups is 2. The van der Waals surface area contributed by atoms with Crippen LogP contribution in [-0.4, -0.2) is 36.7 Å². The first kappa shape index (κ1) is 15.9. The minimum absolute atomic E-state index is 0.0326. The van der Waals surface area contributed by atoms with Gasteiger partial charge in [-0.05, 0) is 26.2 Å². The number of nitrogens with zero attached hydrogens (tertiary/aromatic N) is 1. The molecule has 2 heterocycles. The maximum absolute atomic E-state index is 12.0. The van der Waals surface area contributed by atoms with Crippen LogP contribution in [-0.2, 0) is 25.5 Å². The number of thiazole rings is 1. The molecular formula is C14H20N2O4S. The van der Waals surface area contributed by atoms with Crippen LogP contribution in [0.25, 0.3) is 0 Å². The van der Waals surface area contributed by atoms with Gasteiger partial charge in [-0.15, -0.1) is 11.3 Å². The SMILES string of the molecule is COC(=O)CCCc1csc(NC(=O)C2COC(C)C2)n1. The lowest BCUT2D eigenvalue weighted by Crippen LogP contribution is -2.22. The molecule has 2 rings (SSSR count). The van der Waals surface area contributed by atoms with Gasteiger partial charge < -0.3 is 14.8 Å². The summed E-state index contributed by atoms with van der Waals surface area (Å²) in [6, 6.07) is 0. The summed E-state index contributed by atoms with van der Waals surface area (Å²) in [6.07, 6.45) is 2.67. The number of methoxy groups -OCH3 is 1. The number of aromatic nitrogens is 1. The van der Waals surface area contributed by atoms with Gasteiger partial charge in [0.2, 0.25) is 5.91 Å². The Morgan fingerprint density at radius 3 is 3.05 bits per heavy atom. The van der Waals surface area contributed by atoms with Crippen LogP contribution in [0.5, 0.6) is 0 Å². The van der Waals surface area contributed by atoms with Crippen molar-refractivity contribution in [1.29, 1.82) is 0 Å². The number of anilines is 1. The summed E-state index contributed by atoms with van der Waals surface area (Å²) in [5.41, 5.74) is 0.884. The van der Waals surface area contributed by atoms with Crippen LogP contribution in [0.4, 0.5) is 5.13 Å². The van der Waals surface area contributed by atoms with Crippen molar-refractivity contribution in [3.8, 4) is 0 Å². The fourth-order valence-electron chi connectivity index (χ4n) is 2.20. The monoisotopic (exact) mass is 312 g/mol. The molecule has 1 aliphatic rings. The quantitative estimate of drug-likeness (QED) is 0.813. The maximum Gasteiger partial charge on any atom is 0.305 e. The zero-order valence-electron chi connectivity index (χ0n) is 12.3. The van der Waals surface area contributed by atoms with Crippen molar-refractivity contribution in [2.75, 3.05) is 19.0 Å². The Balaban J connectivity index is 1.77. The highest BCUT2D eigenvalue weighted by Gasteiger charge is 2.28. The van der Waals surface area contributed by atoms with Crippen LogP contribution in [0.15, 0.2) is 5.38 Å². The first-order valence-electron chi connectivity index (χ1n) is 7.02. The van der Waals surface area contributed by atoms with Gasteiger partial charge in [-0.25, -0.2) is 4.98 Å². The zero-order chi connectivity index (χ0) is 15.2. The fraction of sp³-hybridized carbons (Fsp3) is 0.643. The van der Waals surface area contributed by atoms with E-state index in [0.29, 0.717) is 31.0 Å². The average molecular weight is 312 g/mol. The summed E-state index contributed by atoms with van der Waals surface area (Å²) in [5, 5.41) is 5.34. The van der Waals surface area contributed by atoms with Gasteiger partial charge in [-0.3, -0.25) is 9.59 Å². The average Bonchev–Trinajstić information content (AvgIpc) is 3.08. The first-order valence-corrected chi connectivity index (χ1v) is 7.90. The molecule has 0 bridgehead atoms. The van der Waals surface area contributed by atoms with Gasteiger partial charge in [0.15, 0.2) is 5.13 Å². The highest BCUT2D eigenvalue weighted by Crippen LogP contribution is 2.22. The maximum atomic E-state index is 12.0. The molecule has 2 unspecified atom stereocenters. The molecular weight excluding hydrogens is 292 g/mol. The van der Waals surface area contributed by atoms with Crippen molar-refractivity contribution < 1.29 is 19.1 Å². The summed E-state index contributed by atoms with van der Waals surface area (Å²) in [7, 11) is 1.38. The third-order valence-corrected chi connectivity index (χ3v) is 4.20. The molecule has 1 saturated heterocycles. The van der Waals surface area contributed by atoms with Crippen molar-refractivity contribution in [2.45, 2.75) is 38.7 Å². The molecule has 7 heteroatoms. The molecule has 1 aliphatic heterocycles. The second kappa shape index (κ2) is 7.51. The Hall–Kier alpha value is -1.47. The summed E-state index contributed by atoms with van der Waals surface area (Å²) in [6.45, 7) is 2.44. The standard InChI is InChI=1S/C14H20N2O4S/c1-9-6-10(7-20-9)13(18)16-14-15-11(8-21-14)4-3-5-12(17)19-2/h8-10H,3-7H2,1-2H3,(H,15,16,18). The van der Waals surface area contributed by atoms with Crippen LogP contribution in [0, 0.1) is 5.92 Å². The summed E-state index contributed by atoms with van der Waals surface area (Å²) < 4.78 is 9.98. The summed E-state index contributed by atoms with van der Waals surface area (Å²) in [4.78, 5) is 27.4. The number of hydrogen-bond donors (Lipinski definition) is 1. The van der Waals surface area contributed by atoms with Gasteiger partial charge in [0.25, 0.3) is 0 Å². The van der Waals surface area contributed by atoms with E-state index in [0.717, 1.165) is 12.1 Å². The zero-order valence-corrected chi connectivity index (χ0v) is 13.1. The molecule has 1 amide bonds. The van der Waals surface area contributed by atoms with E-state index < -0.39 is 0 Å². The van der Waals surface area contributed by atoms with Gasteiger partial charge in [-0.1, -0.05) is 0 Å². The lowest BCUT2D eigenvalue weighted by molar-refractivity contribution is -0.140. The highest BCUT2D eigenvalue weighted by molar-refractivity contribution is 7.13. The largest absolute Gasteiger partial charge is 0.469 e. The van der Waals surface area contributed by atoms with E-state index in [1.54, 1.807) is 0 Å². The Bertz CT molecular complexity index is 503. The van der Waals surface area contributed by atoms with Crippen LogP contribution < -0.4 is 5.32 Å². The van der Waals surface area contributed by atoms with Crippen LogP contribution >= 0.6 is 11.3 Å². The molecule has 1 aromatic heterocycles. The van der Waals surface area contributed by atoms with Gasteiger partial charge in [-0.2, -0.15) is 0 Å². The fourth-order valence-corrected chi connectivity index (χ4v) is 2.95. The summed E-state index contributed by atoms with van der Waals surface area (Å²) in [5.74, 6) is -0.337. The predicted octanol–water partition coefficient (Wildman–Crippen LogP) is 2.00. The Morgan fingerprint density at radius 1 is 1.57 bits per heavy atom. The van der Waals surface area contributed by atoms with E-state index in [2.05, 4.69) is 15.0 Å². The lowest BCUT2D eigenvalue weighted by atomic mass is 10.1. The molecule has 2 atom stereocenters. The molecule has 6 nitrogen and oxygen atoms in total. The van der Waals surface area contributed by atoms with E-state index in [1.165, 1.54) is 18.4 Å². The molecule has 0 saturated carbocycles. The smallest absolute Gasteiger partial charge is 0.305 e. The second-order valence-corrected chi connectivity index (χ2v) is 6.00. The molecule has 21 heavy (non-hydrogen) atoms. The third kappa shape index (κ3) is 4.78. The molecule has 0 radical (unpaired) electrons. The predicted molar refractivity (Wildman–Crippen MR) is 79.2 cm³/mol. The Kier molecular flexibility index (Phi) is 5.69. The van der Waals surface area contributed by atoms with E-state index >= 15 is 0 Å². The van der Waals surface area contributed by atoms with Gasteiger partial charge in [0.1, 0.15) is 0 Å². The number of carbonyl (C=O) groups excluding carboxylic acids is 2. The van der Waals surface area contributed by atoms with Crippen molar-refractivity contribution in [3.63, 3.8) is 0 Å². The Labute approximate surface area is 127 Å². The molecule has 1 fully saturated rings. The summed E-state index contributed by atoms with van der Waals surface area (Å²) >= 11 is 1.40. The van der Waals surface area contributed by atoms with Gasteiger partial charge in [0, 0.05) is 11.8 Å². The van der Waals surface area contributed by atoms with E-state index in [4.69, 9.17) is 4.74 Å². The number of esters is 1. The van der Waals surface area contributed by atoms with Crippen LogP contribution in [0.1, 0.15) is 31.9 Å². The van der Waals surface area contributed by atoms with Crippen molar-refractivity contribution in [2.24, 2.45) is 5.92 Å². The van der Waals surface area contributed by atoms with Crippen molar-refractivity contribution in [1.82, 2.24) is 4.98 Å². The van der Waals surface area contributed by atoms with Crippen molar-refractivity contribution in [3.05, 3.63) is 11.1 Å². The number of aryl methyl sites for hydroxylation is 1. The molecule has 0 aliphatic carbocycles. The van der Waals surface area contributed by atoms with Gasteiger partial charge >= 0.3 is 5.97 Å². The van der Waals surface area contributed by atoms with Crippen LogP contribution in [0.2, 0.25) is 0 Å². The Morgan fingerprint density at radius 2 is 2.38 bits per heavy atom. The molecule has 0 aromatic carbocycles. The number of hydrogen-bond acceptors (Lipinski definition) is 6. The number of rotatable bonds is 6. The number of nitrogens with one attached hydrogen (secondary N) is 1. The van der Waals surface area contributed by atoms with Crippen molar-refractivity contribution >= 4 is 28.3 Å². The van der Waals surface area contributed by atoms with Gasteiger partial charge in [0.05, 0.1) is 31.4 Å². The number of amides is 1. The lowest BCUT2D eigenvalue weighted by Gasteiger charge is -2.06. The topological polar surface area (TPSA) is 77.5 Å². The molecule has 1 N–H and O–H groups in total. The number of ether oxygens (including phenoxy) is 2. The highest BCUT2D eigenvalue weighted by atomic mass is 32.1. The van der Waals surface area contributed by atoms with E-state index in [-0.39, 0.29) is 23.9 Å². The van der Waals surface area contributed by atoms with E-state index in [1.807, 2.05) is 12.3 Å². The van der Waals surface area contributed by atoms with Crippen LogP contribution in [0.3, 0.4) is 0 Å². The third-order valence-electron chi connectivity index (χ3n) is 3.39. The minimum Gasteiger partial charge on any atom is -0.469 e. The minimum atomic E-state index is -0.214. The molecule has 0 spiro atoms. The normalized spacial score (nSPS) is 21.2. The second-order valence-electron chi connectivity index (χ2n) is 5.14. The van der Waals surface area contributed by atoms with E-state index in [9.17, 15) is 9.59 Å².